The third kappa shape index (κ3) is 2.38. The van der Waals surface area contributed by atoms with Gasteiger partial charge < -0.3 is 5.11 Å². The summed E-state index contributed by atoms with van der Waals surface area (Å²) in [6.07, 6.45) is 1.35. The Morgan fingerprint density at radius 3 is 2.31 bits per heavy atom. The van der Waals surface area contributed by atoms with Crippen LogP contribution in [0.1, 0.15) is 12.8 Å². The molecule has 0 bridgehead atoms. The zero-order chi connectivity index (χ0) is 11.8. The fraction of sp³-hybridized carbons (Fsp3) is 0.400. The van der Waals surface area contributed by atoms with Crippen LogP contribution < -0.4 is 4.72 Å². The Morgan fingerprint density at radius 2 is 1.88 bits per heavy atom. The van der Waals surface area contributed by atoms with Crippen LogP contribution in [-0.2, 0) is 10.0 Å². The molecule has 0 heterocycles. The molecule has 88 valence electrons. The van der Waals surface area contributed by atoms with Crippen LogP contribution in [0.4, 0.5) is 0 Å². The van der Waals surface area contributed by atoms with Crippen molar-refractivity contribution < 1.29 is 13.5 Å². The molecule has 2 rings (SSSR count). The molecule has 1 saturated carbocycles. The molecule has 0 unspecified atom stereocenters. The van der Waals surface area contributed by atoms with Crippen LogP contribution in [0.2, 0.25) is 5.02 Å². The lowest BCUT2D eigenvalue weighted by atomic mass is 10.3. The first kappa shape index (κ1) is 11.9. The van der Waals surface area contributed by atoms with Crippen LogP contribution in [0, 0.1) is 0 Å². The second kappa shape index (κ2) is 4.00. The topological polar surface area (TPSA) is 66.4 Å². The Morgan fingerprint density at radius 1 is 1.31 bits per heavy atom. The minimum absolute atomic E-state index is 0.164. The molecular formula is C10H12ClNO3S. The van der Waals surface area contributed by atoms with Gasteiger partial charge in [-0.05, 0) is 37.1 Å². The highest BCUT2D eigenvalue weighted by Crippen LogP contribution is 2.36. The SMILES string of the molecule is O=S(=O)(NC1(CO)CC1)c1ccc(Cl)cc1. The molecule has 1 aliphatic rings. The Labute approximate surface area is 99.3 Å². The lowest BCUT2D eigenvalue weighted by Gasteiger charge is -2.14. The number of benzene rings is 1. The summed E-state index contributed by atoms with van der Waals surface area (Å²) in [7, 11) is -3.55. The summed E-state index contributed by atoms with van der Waals surface area (Å²) in [6.45, 7) is -0.167. The quantitative estimate of drug-likeness (QED) is 0.854. The van der Waals surface area contributed by atoms with Crippen molar-refractivity contribution in [2.75, 3.05) is 6.61 Å². The number of nitrogens with one attached hydrogen (secondary N) is 1. The van der Waals surface area contributed by atoms with Gasteiger partial charge in [-0.1, -0.05) is 11.6 Å². The average molecular weight is 262 g/mol. The normalized spacial score (nSPS) is 18.4. The van der Waals surface area contributed by atoms with Gasteiger partial charge in [-0.3, -0.25) is 0 Å². The van der Waals surface area contributed by atoms with Crippen LogP contribution in [0.5, 0.6) is 0 Å². The summed E-state index contributed by atoms with van der Waals surface area (Å²) in [6, 6.07) is 5.93. The van der Waals surface area contributed by atoms with Crippen molar-refractivity contribution in [2.24, 2.45) is 0 Å². The summed E-state index contributed by atoms with van der Waals surface area (Å²) >= 11 is 5.68. The molecule has 1 fully saturated rings. The molecule has 0 saturated heterocycles. The van der Waals surface area contributed by atoms with Crippen molar-refractivity contribution >= 4 is 21.6 Å². The van der Waals surface area contributed by atoms with E-state index in [9.17, 15) is 8.42 Å². The largest absolute Gasteiger partial charge is 0.394 e. The highest BCUT2D eigenvalue weighted by atomic mass is 35.5. The van der Waals surface area contributed by atoms with Gasteiger partial charge in [-0.25, -0.2) is 13.1 Å². The van der Waals surface area contributed by atoms with Crippen molar-refractivity contribution in [1.82, 2.24) is 4.72 Å². The maximum Gasteiger partial charge on any atom is 0.241 e. The minimum atomic E-state index is -3.55. The first-order chi connectivity index (χ1) is 7.47. The number of hydrogen-bond acceptors (Lipinski definition) is 3. The van der Waals surface area contributed by atoms with Crippen LogP contribution in [0.25, 0.3) is 0 Å². The van der Waals surface area contributed by atoms with Crippen LogP contribution >= 0.6 is 11.6 Å². The van der Waals surface area contributed by atoms with E-state index in [4.69, 9.17) is 16.7 Å². The monoisotopic (exact) mass is 261 g/mol. The van der Waals surface area contributed by atoms with E-state index in [0.29, 0.717) is 17.9 Å². The van der Waals surface area contributed by atoms with Gasteiger partial charge in [-0.15, -0.1) is 0 Å². The van der Waals surface area contributed by atoms with Crippen LogP contribution in [0.3, 0.4) is 0 Å². The molecule has 0 aliphatic heterocycles. The zero-order valence-electron chi connectivity index (χ0n) is 8.48. The van der Waals surface area contributed by atoms with Gasteiger partial charge in [0, 0.05) is 5.02 Å². The lowest BCUT2D eigenvalue weighted by Crippen LogP contribution is -2.39. The van der Waals surface area contributed by atoms with Gasteiger partial charge >= 0.3 is 0 Å². The summed E-state index contributed by atoms with van der Waals surface area (Å²) in [5.41, 5.74) is -0.640. The molecule has 1 aliphatic carbocycles. The van der Waals surface area contributed by atoms with Crippen LogP contribution in [0.15, 0.2) is 29.2 Å². The van der Waals surface area contributed by atoms with Crippen molar-refractivity contribution in [3.63, 3.8) is 0 Å². The molecule has 0 aromatic heterocycles. The summed E-state index contributed by atoms with van der Waals surface area (Å²) < 4.78 is 26.3. The third-order valence-corrected chi connectivity index (χ3v) is 4.48. The van der Waals surface area contributed by atoms with Gasteiger partial charge in [0.1, 0.15) is 0 Å². The van der Waals surface area contributed by atoms with Gasteiger partial charge in [0.05, 0.1) is 17.0 Å². The molecule has 1 aromatic rings. The minimum Gasteiger partial charge on any atom is -0.394 e. The number of rotatable bonds is 4. The summed E-state index contributed by atoms with van der Waals surface area (Å²) in [5.74, 6) is 0. The van der Waals surface area contributed by atoms with Crippen molar-refractivity contribution in [2.45, 2.75) is 23.3 Å². The summed E-state index contributed by atoms with van der Waals surface area (Å²) in [5, 5.41) is 9.55. The summed E-state index contributed by atoms with van der Waals surface area (Å²) in [4.78, 5) is 0.164. The van der Waals surface area contributed by atoms with Gasteiger partial charge in [0.25, 0.3) is 0 Å². The molecule has 0 atom stereocenters. The lowest BCUT2D eigenvalue weighted by molar-refractivity contribution is 0.246. The fourth-order valence-electron chi connectivity index (χ4n) is 1.40. The smallest absolute Gasteiger partial charge is 0.241 e. The van der Waals surface area contributed by atoms with Gasteiger partial charge in [-0.2, -0.15) is 0 Å². The van der Waals surface area contributed by atoms with Gasteiger partial charge in [0.2, 0.25) is 10.0 Å². The standard InChI is InChI=1S/C10H12ClNO3S/c11-8-1-3-9(4-2-8)16(14,15)12-10(7-13)5-6-10/h1-4,12-13H,5-7H2. The number of sulfonamides is 1. The number of aliphatic hydroxyl groups is 1. The highest BCUT2D eigenvalue weighted by molar-refractivity contribution is 7.89. The Kier molecular flexibility index (Phi) is 2.96. The third-order valence-electron chi connectivity index (χ3n) is 2.63. The van der Waals surface area contributed by atoms with E-state index in [1.165, 1.54) is 24.3 Å². The van der Waals surface area contributed by atoms with Gasteiger partial charge in [0.15, 0.2) is 0 Å². The molecule has 0 spiro atoms. The van der Waals surface area contributed by atoms with Crippen molar-refractivity contribution in [3.05, 3.63) is 29.3 Å². The molecule has 4 nitrogen and oxygen atoms in total. The molecule has 16 heavy (non-hydrogen) atoms. The van der Waals surface area contributed by atoms with E-state index in [0.717, 1.165) is 0 Å². The van der Waals surface area contributed by atoms with Crippen molar-refractivity contribution in [1.29, 1.82) is 0 Å². The molecule has 0 radical (unpaired) electrons. The highest BCUT2D eigenvalue weighted by Gasteiger charge is 2.45. The number of hydrogen-bond donors (Lipinski definition) is 2. The first-order valence-corrected chi connectivity index (χ1v) is 6.74. The fourth-order valence-corrected chi connectivity index (χ4v) is 2.98. The molecule has 2 N–H and O–H groups in total. The Balaban J connectivity index is 2.22. The molecule has 6 heteroatoms. The Bertz CT molecular complexity index is 479. The van der Waals surface area contributed by atoms with E-state index in [1.54, 1.807) is 0 Å². The molecule has 0 amide bonds. The second-order valence-electron chi connectivity index (χ2n) is 4.00. The Hall–Kier alpha value is -0.620. The van der Waals surface area contributed by atoms with Crippen molar-refractivity contribution in [3.8, 4) is 0 Å². The number of halogens is 1. The second-order valence-corrected chi connectivity index (χ2v) is 6.12. The van der Waals surface area contributed by atoms with E-state index < -0.39 is 15.6 Å². The maximum absolute atomic E-state index is 11.9. The van der Waals surface area contributed by atoms with E-state index in [-0.39, 0.29) is 11.5 Å². The van der Waals surface area contributed by atoms with E-state index in [1.807, 2.05) is 0 Å². The maximum atomic E-state index is 11.9. The first-order valence-electron chi connectivity index (χ1n) is 4.88. The molecule has 1 aromatic carbocycles. The average Bonchev–Trinajstić information content (AvgIpc) is 2.98. The predicted molar refractivity (Wildman–Crippen MR) is 60.8 cm³/mol. The van der Waals surface area contributed by atoms with E-state index in [2.05, 4.69) is 4.72 Å². The van der Waals surface area contributed by atoms with Crippen LogP contribution in [-0.4, -0.2) is 25.7 Å². The molecular weight excluding hydrogens is 250 g/mol. The van der Waals surface area contributed by atoms with E-state index >= 15 is 0 Å². The predicted octanol–water partition coefficient (Wildman–Crippen LogP) is 1.14. The number of aliphatic hydroxyl groups excluding tert-OH is 1. The zero-order valence-corrected chi connectivity index (χ0v) is 10.1.